The summed E-state index contributed by atoms with van der Waals surface area (Å²) in [4.78, 5) is 22.7. The SMILES string of the molecule is NC(=O)NCCNC(=O)Cc1ccc(S)cc1. The third-order valence-corrected chi connectivity index (χ3v) is 2.35. The van der Waals surface area contributed by atoms with Crippen molar-refractivity contribution in [3.8, 4) is 0 Å². The van der Waals surface area contributed by atoms with Crippen molar-refractivity contribution in [2.24, 2.45) is 5.73 Å². The normalized spacial score (nSPS) is 9.71. The Labute approximate surface area is 105 Å². The van der Waals surface area contributed by atoms with Gasteiger partial charge >= 0.3 is 6.03 Å². The van der Waals surface area contributed by atoms with Crippen molar-refractivity contribution in [2.45, 2.75) is 11.3 Å². The Morgan fingerprint density at radius 2 is 1.71 bits per heavy atom. The third kappa shape index (κ3) is 5.82. The molecule has 0 spiro atoms. The molecule has 1 rings (SSSR count). The number of rotatable bonds is 5. The van der Waals surface area contributed by atoms with Gasteiger partial charge in [0, 0.05) is 18.0 Å². The second kappa shape index (κ2) is 6.80. The van der Waals surface area contributed by atoms with Crippen LogP contribution in [0.2, 0.25) is 0 Å². The topological polar surface area (TPSA) is 84.2 Å². The van der Waals surface area contributed by atoms with Crippen molar-refractivity contribution in [3.05, 3.63) is 29.8 Å². The van der Waals surface area contributed by atoms with E-state index in [-0.39, 0.29) is 5.91 Å². The predicted octanol–water partition coefficient (Wildman–Crippen LogP) is 0.302. The van der Waals surface area contributed by atoms with E-state index in [4.69, 9.17) is 5.73 Å². The summed E-state index contributed by atoms with van der Waals surface area (Å²) in [5.74, 6) is -0.0943. The molecule has 3 amide bonds. The molecule has 0 aliphatic rings. The molecule has 6 heteroatoms. The van der Waals surface area contributed by atoms with Crippen LogP contribution in [-0.4, -0.2) is 25.0 Å². The molecule has 5 nitrogen and oxygen atoms in total. The number of thiol groups is 1. The minimum Gasteiger partial charge on any atom is -0.354 e. The summed E-state index contributed by atoms with van der Waals surface area (Å²) in [5, 5.41) is 5.06. The number of benzene rings is 1. The molecule has 0 saturated carbocycles. The molecule has 0 aliphatic heterocycles. The van der Waals surface area contributed by atoms with Crippen LogP contribution in [0, 0.1) is 0 Å². The predicted molar refractivity (Wildman–Crippen MR) is 68.0 cm³/mol. The average molecular weight is 253 g/mol. The lowest BCUT2D eigenvalue weighted by molar-refractivity contribution is -0.120. The summed E-state index contributed by atoms with van der Waals surface area (Å²) in [6, 6.07) is 6.78. The highest BCUT2D eigenvalue weighted by Gasteiger charge is 2.02. The lowest BCUT2D eigenvalue weighted by Crippen LogP contribution is -2.37. The molecule has 0 unspecified atom stereocenters. The standard InChI is InChI=1S/C11H15N3O2S/c12-11(16)14-6-5-13-10(15)7-8-1-3-9(17)4-2-8/h1-4,17H,5-7H2,(H,13,15)(H3,12,14,16). The van der Waals surface area contributed by atoms with E-state index in [2.05, 4.69) is 23.3 Å². The molecular formula is C11H15N3O2S. The molecule has 0 heterocycles. The molecule has 4 N–H and O–H groups in total. The molecule has 0 radical (unpaired) electrons. The molecule has 0 atom stereocenters. The Morgan fingerprint density at radius 3 is 2.29 bits per heavy atom. The number of nitrogens with two attached hydrogens (primary N) is 1. The van der Waals surface area contributed by atoms with E-state index in [0.717, 1.165) is 10.5 Å². The third-order valence-electron chi connectivity index (χ3n) is 2.05. The number of carbonyl (C=O) groups is 2. The molecule has 0 aliphatic carbocycles. The highest BCUT2D eigenvalue weighted by molar-refractivity contribution is 7.80. The van der Waals surface area contributed by atoms with Gasteiger partial charge in [-0.05, 0) is 17.7 Å². The first-order valence-electron chi connectivity index (χ1n) is 5.16. The Hall–Kier alpha value is -1.69. The van der Waals surface area contributed by atoms with Gasteiger partial charge in [-0.1, -0.05) is 12.1 Å². The van der Waals surface area contributed by atoms with Gasteiger partial charge in [0.2, 0.25) is 5.91 Å². The van der Waals surface area contributed by atoms with E-state index in [1.165, 1.54) is 0 Å². The second-order valence-electron chi connectivity index (χ2n) is 3.48. The molecule has 0 fully saturated rings. The van der Waals surface area contributed by atoms with Crippen LogP contribution < -0.4 is 16.4 Å². The van der Waals surface area contributed by atoms with Crippen LogP contribution in [0.4, 0.5) is 4.79 Å². The van der Waals surface area contributed by atoms with Crippen LogP contribution >= 0.6 is 12.6 Å². The number of amides is 3. The zero-order valence-corrected chi connectivity index (χ0v) is 10.2. The first kappa shape index (κ1) is 13.4. The molecule has 0 aromatic heterocycles. The second-order valence-corrected chi connectivity index (χ2v) is 4.00. The quantitative estimate of drug-likeness (QED) is 0.449. The molecule has 17 heavy (non-hydrogen) atoms. The van der Waals surface area contributed by atoms with Crippen LogP contribution in [0.5, 0.6) is 0 Å². The van der Waals surface area contributed by atoms with E-state index in [9.17, 15) is 9.59 Å². The fourth-order valence-electron chi connectivity index (χ4n) is 1.25. The van der Waals surface area contributed by atoms with Crippen LogP contribution in [0.15, 0.2) is 29.2 Å². The molecule has 92 valence electrons. The average Bonchev–Trinajstić information content (AvgIpc) is 2.27. The number of hydrogen-bond acceptors (Lipinski definition) is 3. The fourth-order valence-corrected chi connectivity index (χ4v) is 1.40. The molecular weight excluding hydrogens is 238 g/mol. The summed E-state index contributed by atoms with van der Waals surface area (Å²) in [7, 11) is 0. The number of carbonyl (C=O) groups excluding carboxylic acids is 2. The summed E-state index contributed by atoms with van der Waals surface area (Å²) >= 11 is 4.16. The molecule has 0 saturated heterocycles. The van der Waals surface area contributed by atoms with Gasteiger partial charge in [-0.15, -0.1) is 12.6 Å². The highest BCUT2D eigenvalue weighted by atomic mass is 32.1. The van der Waals surface area contributed by atoms with Crippen molar-refractivity contribution in [1.29, 1.82) is 0 Å². The van der Waals surface area contributed by atoms with E-state index in [1.807, 2.05) is 24.3 Å². The summed E-state index contributed by atoms with van der Waals surface area (Å²) in [5.41, 5.74) is 5.80. The minimum atomic E-state index is -0.594. The molecule has 1 aromatic rings. The zero-order chi connectivity index (χ0) is 12.7. The van der Waals surface area contributed by atoms with Gasteiger partial charge in [0.1, 0.15) is 0 Å². The van der Waals surface area contributed by atoms with Crippen molar-refractivity contribution >= 4 is 24.6 Å². The smallest absolute Gasteiger partial charge is 0.312 e. The lowest BCUT2D eigenvalue weighted by atomic mass is 10.1. The van der Waals surface area contributed by atoms with Crippen LogP contribution in [0.25, 0.3) is 0 Å². The van der Waals surface area contributed by atoms with E-state index in [0.29, 0.717) is 19.5 Å². The van der Waals surface area contributed by atoms with Gasteiger partial charge in [-0.2, -0.15) is 0 Å². The van der Waals surface area contributed by atoms with Gasteiger partial charge in [-0.25, -0.2) is 4.79 Å². The van der Waals surface area contributed by atoms with Crippen LogP contribution in [0.1, 0.15) is 5.56 Å². The lowest BCUT2D eigenvalue weighted by Gasteiger charge is -2.05. The Balaban J connectivity index is 2.25. The minimum absolute atomic E-state index is 0.0943. The summed E-state index contributed by atoms with van der Waals surface area (Å²) in [6.07, 6.45) is 0.310. The van der Waals surface area contributed by atoms with E-state index >= 15 is 0 Å². The maximum Gasteiger partial charge on any atom is 0.312 e. The first-order chi connectivity index (χ1) is 8.08. The Bertz CT molecular complexity index is 392. The van der Waals surface area contributed by atoms with Gasteiger partial charge < -0.3 is 16.4 Å². The van der Waals surface area contributed by atoms with Gasteiger partial charge in [0.05, 0.1) is 6.42 Å². The first-order valence-corrected chi connectivity index (χ1v) is 5.60. The molecule has 1 aromatic carbocycles. The number of urea groups is 1. The van der Waals surface area contributed by atoms with Gasteiger partial charge in [0.15, 0.2) is 0 Å². The van der Waals surface area contributed by atoms with Crippen molar-refractivity contribution < 1.29 is 9.59 Å². The van der Waals surface area contributed by atoms with Gasteiger partial charge in [-0.3, -0.25) is 4.79 Å². The van der Waals surface area contributed by atoms with E-state index in [1.54, 1.807) is 0 Å². The zero-order valence-electron chi connectivity index (χ0n) is 9.27. The van der Waals surface area contributed by atoms with Crippen molar-refractivity contribution in [3.63, 3.8) is 0 Å². The van der Waals surface area contributed by atoms with Crippen molar-refractivity contribution in [2.75, 3.05) is 13.1 Å². The van der Waals surface area contributed by atoms with E-state index < -0.39 is 6.03 Å². The number of nitrogens with one attached hydrogen (secondary N) is 2. The van der Waals surface area contributed by atoms with Crippen LogP contribution in [0.3, 0.4) is 0 Å². The van der Waals surface area contributed by atoms with Gasteiger partial charge in [0.25, 0.3) is 0 Å². The largest absolute Gasteiger partial charge is 0.354 e. The number of hydrogen-bond donors (Lipinski definition) is 4. The molecule has 0 bridgehead atoms. The highest BCUT2D eigenvalue weighted by Crippen LogP contribution is 2.07. The summed E-state index contributed by atoms with van der Waals surface area (Å²) < 4.78 is 0. The number of primary amides is 1. The monoisotopic (exact) mass is 253 g/mol. The Kier molecular flexibility index (Phi) is 5.35. The summed E-state index contributed by atoms with van der Waals surface area (Å²) in [6.45, 7) is 0.697. The van der Waals surface area contributed by atoms with Crippen molar-refractivity contribution in [1.82, 2.24) is 10.6 Å². The fraction of sp³-hybridized carbons (Fsp3) is 0.273. The maximum atomic E-state index is 11.5. The maximum absolute atomic E-state index is 11.5. The van der Waals surface area contributed by atoms with Crippen LogP contribution in [-0.2, 0) is 11.2 Å². The Morgan fingerprint density at radius 1 is 1.12 bits per heavy atom.